The molecule has 73 heavy (non-hydrogen) atoms. The highest BCUT2D eigenvalue weighted by atomic mass is 16.3. The molecule has 0 aliphatic carbocycles. The third kappa shape index (κ3) is 23.7. The first-order valence-electron chi connectivity index (χ1n) is 23.8. The zero-order valence-electron chi connectivity index (χ0n) is 42.1. The number of rotatable bonds is 34. The van der Waals surface area contributed by atoms with Gasteiger partial charge in [-0.15, -0.1) is 0 Å². The molecule has 0 fully saturated rings. The molecule has 0 radical (unpaired) electrons. The number of hydrogen-bond acceptors (Lipinski definition) is 15. The van der Waals surface area contributed by atoms with Crippen molar-refractivity contribution in [3.63, 3.8) is 0 Å². The number of nitrogens with one attached hydrogen (secondary N) is 9. The third-order valence-corrected chi connectivity index (χ3v) is 11.2. The van der Waals surface area contributed by atoms with E-state index >= 15 is 0 Å². The molecule has 0 aliphatic rings. The first kappa shape index (κ1) is 63.8. The molecule has 1 rings (SSSR count). The lowest BCUT2D eigenvalue weighted by Crippen LogP contribution is -2.60. The van der Waals surface area contributed by atoms with E-state index in [4.69, 9.17) is 22.9 Å². The minimum absolute atomic E-state index is 0.113. The fourth-order valence-corrected chi connectivity index (χ4v) is 6.81. The van der Waals surface area contributed by atoms with E-state index in [-0.39, 0.29) is 25.2 Å². The summed E-state index contributed by atoms with van der Waals surface area (Å²) in [5, 5.41) is 40.5. The smallest absolute Gasteiger partial charge is 0.243 e. The van der Waals surface area contributed by atoms with E-state index < -0.39 is 164 Å². The van der Waals surface area contributed by atoms with E-state index in [2.05, 4.69) is 47.9 Å². The Morgan fingerprint density at radius 3 is 1.53 bits per heavy atom. The highest BCUT2D eigenvalue weighted by molar-refractivity contribution is 5.99. The highest BCUT2D eigenvalue weighted by Crippen LogP contribution is 2.13. The Morgan fingerprint density at radius 2 is 1.04 bits per heavy atom. The predicted octanol–water partition coefficient (Wildman–Crippen LogP) is -5.93. The lowest BCUT2D eigenvalue weighted by atomic mass is 9.96. The molecule has 27 nitrogen and oxygen atoms in total. The molecule has 19 N–H and O–H groups in total. The zero-order valence-corrected chi connectivity index (χ0v) is 42.1. The lowest BCUT2D eigenvalue weighted by Gasteiger charge is -2.29. The molecular weight excluding hydrogens is 959 g/mol. The van der Waals surface area contributed by atoms with Gasteiger partial charge in [0.15, 0.2) is 0 Å². The SMILES string of the molecule is CCCC[C@H](NC(=O)[C@H](CC(C)C)NC(=O)[C@@H](NC(=O)[C@H](C)NC(=O)CNC(=O)[C@H](Cc1ccccc1)NC(=O)[C@H](CC(N)=O)NC(=O)[C@H](CC(N)=O)NC(=O)[C@@H](N)CO)[C@@H](C)CC)C(=O)N[C@@H](CO)C(N)=O. The summed E-state index contributed by atoms with van der Waals surface area (Å²) in [4.78, 5) is 156. The maximum Gasteiger partial charge on any atom is 0.243 e. The largest absolute Gasteiger partial charge is 0.394 e. The van der Waals surface area contributed by atoms with Gasteiger partial charge in [0.2, 0.25) is 70.9 Å². The molecule has 27 heteroatoms. The number of aliphatic hydroxyl groups excluding tert-OH is 2. The number of carbonyl (C=O) groups is 12. The Balaban J connectivity index is 3.23. The molecule has 12 amide bonds. The van der Waals surface area contributed by atoms with Crippen molar-refractivity contribution in [2.75, 3.05) is 19.8 Å². The van der Waals surface area contributed by atoms with Crippen molar-refractivity contribution in [1.29, 1.82) is 0 Å². The van der Waals surface area contributed by atoms with E-state index in [9.17, 15) is 67.7 Å². The van der Waals surface area contributed by atoms with E-state index in [0.717, 1.165) is 0 Å². The van der Waals surface area contributed by atoms with Crippen molar-refractivity contribution in [2.45, 2.75) is 147 Å². The van der Waals surface area contributed by atoms with Gasteiger partial charge in [0.25, 0.3) is 0 Å². The van der Waals surface area contributed by atoms with Gasteiger partial charge < -0.3 is 81.0 Å². The summed E-state index contributed by atoms with van der Waals surface area (Å²) in [6.07, 6.45) is -0.000971. The fraction of sp³-hybridized carbons (Fsp3) is 0.609. The van der Waals surface area contributed by atoms with Gasteiger partial charge >= 0.3 is 0 Å². The van der Waals surface area contributed by atoms with Crippen LogP contribution in [0.15, 0.2) is 30.3 Å². The molecule has 408 valence electrons. The quantitative estimate of drug-likeness (QED) is 0.0306. The van der Waals surface area contributed by atoms with E-state index in [1.54, 1.807) is 58.0 Å². The van der Waals surface area contributed by atoms with E-state index in [1.807, 2.05) is 6.92 Å². The van der Waals surface area contributed by atoms with Crippen LogP contribution in [0.2, 0.25) is 0 Å². The summed E-state index contributed by atoms with van der Waals surface area (Å²) in [6, 6.07) is -4.53. The summed E-state index contributed by atoms with van der Waals surface area (Å²) < 4.78 is 0. The second-order valence-electron chi connectivity index (χ2n) is 17.9. The summed E-state index contributed by atoms with van der Waals surface area (Å²) in [7, 11) is 0. The number of nitrogens with two attached hydrogens (primary N) is 4. The van der Waals surface area contributed by atoms with Crippen LogP contribution in [0.3, 0.4) is 0 Å². The second kappa shape index (κ2) is 32.7. The van der Waals surface area contributed by atoms with Gasteiger partial charge in [0.05, 0.1) is 32.6 Å². The fourth-order valence-electron chi connectivity index (χ4n) is 6.81. The predicted molar refractivity (Wildman–Crippen MR) is 262 cm³/mol. The molecule has 0 heterocycles. The van der Waals surface area contributed by atoms with Crippen LogP contribution >= 0.6 is 0 Å². The van der Waals surface area contributed by atoms with Crippen LogP contribution in [0.4, 0.5) is 0 Å². The zero-order chi connectivity index (χ0) is 55.5. The van der Waals surface area contributed by atoms with Crippen LogP contribution in [-0.2, 0) is 64.0 Å². The Hall–Kier alpha value is -7.26. The molecule has 0 spiro atoms. The Kier molecular flexibility index (Phi) is 28.5. The summed E-state index contributed by atoms with van der Waals surface area (Å²) in [5.74, 6) is -12.0. The molecule has 0 bridgehead atoms. The monoisotopic (exact) mass is 1030 g/mol. The molecule has 1 aromatic carbocycles. The first-order chi connectivity index (χ1) is 34.3. The number of primary amides is 3. The molecule has 10 atom stereocenters. The number of benzene rings is 1. The number of hydrogen-bond donors (Lipinski definition) is 15. The van der Waals surface area contributed by atoms with Crippen LogP contribution in [0.5, 0.6) is 0 Å². The van der Waals surface area contributed by atoms with Gasteiger partial charge in [0, 0.05) is 6.42 Å². The minimum atomic E-state index is -1.78. The van der Waals surface area contributed by atoms with Gasteiger partial charge in [0.1, 0.15) is 54.4 Å². The molecule has 0 aromatic heterocycles. The van der Waals surface area contributed by atoms with Gasteiger partial charge in [-0.25, -0.2) is 0 Å². The van der Waals surface area contributed by atoms with Crippen LogP contribution in [0.1, 0.15) is 92.1 Å². The lowest BCUT2D eigenvalue weighted by molar-refractivity contribution is -0.136. The Morgan fingerprint density at radius 1 is 0.548 bits per heavy atom. The molecule has 0 saturated heterocycles. The number of amides is 12. The normalized spacial score (nSPS) is 15.1. The third-order valence-electron chi connectivity index (χ3n) is 11.2. The second-order valence-corrected chi connectivity index (χ2v) is 17.9. The van der Waals surface area contributed by atoms with Crippen LogP contribution in [0.25, 0.3) is 0 Å². The maximum atomic E-state index is 13.9. The van der Waals surface area contributed by atoms with Crippen molar-refractivity contribution in [3.8, 4) is 0 Å². The molecule has 0 saturated carbocycles. The first-order valence-corrected chi connectivity index (χ1v) is 23.8. The van der Waals surface area contributed by atoms with Crippen molar-refractivity contribution >= 4 is 70.9 Å². The standard InChI is InChI=1S/C46H75N13O14/c1-7-9-15-28(42(69)58-33(22-61)38(50)65)53-43(70)29(16-23(3)4)57-46(73)37(24(5)8-2)59-39(66)25(6)52-36(64)20-51-41(68)30(17-26-13-11-10-12-14-26)55-45(72)32(19-35(49)63)56-44(71)31(18-34(48)62)54-40(67)27(47)21-60/h10-14,23-25,27-33,37,60-61H,7-9,15-22,47H2,1-6H3,(H2,48,62)(H2,49,63)(H2,50,65)(H,51,68)(H,52,64)(H,53,70)(H,54,67)(H,55,72)(H,56,71)(H,57,73)(H,58,69)(H,59,66)/t24-,25-,27-,28-,29-,30-,31-,32-,33-,37-/m0/s1. The average molecular weight is 1030 g/mol. The van der Waals surface area contributed by atoms with Gasteiger partial charge in [-0.1, -0.05) is 84.2 Å². The van der Waals surface area contributed by atoms with Crippen LogP contribution < -0.4 is 70.8 Å². The summed E-state index contributed by atoms with van der Waals surface area (Å²) in [6.45, 7) is 7.86. The van der Waals surface area contributed by atoms with Crippen LogP contribution in [-0.4, -0.2) is 155 Å². The number of aliphatic hydroxyl groups is 2. The summed E-state index contributed by atoms with van der Waals surface area (Å²) >= 11 is 0. The van der Waals surface area contributed by atoms with Crippen molar-refractivity contribution in [1.82, 2.24) is 47.9 Å². The summed E-state index contributed by atoms with van der Waals surface area (Å²) in [5.41, 5.74) is 21.9. The maximum absolute atomic E-state index is 13.9. The van der Waals surface area contributed by atoms with Gasteiger partial charge in [-0.2, -0.15) is 0 Å². The van der Waals surface area contributed by atoms with Gasteiger partial charge in [-0.3, -0.25) is 57.5 Å². The van der Waals surface area contributed by atoms with E-state index in [0.29, 0.717) is 24.8 Å². The Labute approximate surface area is 423 Å². The highest BCUT2D eigenvalue weighted by Gasteiger charge is 2.35. The molecule has 0 aliphatic heterocycles. The van der Waals surface area contributed by atoms with E-state index in [1.165, 1.54) is 6.92 Å². The topological polar surface area (TPSA) is 458 Å². The minimum Gasteiger partial charge on any atom is -0.394 e. The number of carbonyl (C=O) groups excluding carboxylic acids is 12. The molecular formula is C46H75N13O14. The van der Waals surface area contributed by atoms with Crippen molar-refractivity contribution in [3.05, 3.63) is 35.9 Å². The molecule has 1 aromatic rings. The number of unbranched alkanes of at least 4 members (excludes halogenated alkanes) is 1. The average Bonchev–Trinajstić information content (AvgIpc) is 3.33. The molecule has 0 unspecified atom stereocenters. The van der Waals surface area contributed by atoms with Crippen molar-refractivity contribution < 1.29 is 67.7 Å². The van der Waals surface area contributed by atoms with Gasteiger partial charge in [-0.05, 0) is 37.2 Å². The Bertz CT molecular complexity index is 2080. The van der Waals surface area contributed by atoms with Crippen molar-refractivity contribution in [2.24, 2.45) is 34.8 Å². The van der Waals surface area contributed by atoms with Crippen LogP contribution in [0, 0.1) is 11.8 Å².